The first-order valence-corrected chi connectivity index (χ1v) is 12.6. The minimum absolute atomic E-state index is 0.0112. The van der Waals surface area contributed by atoms with E-state index in [1.54, 1.807) is 12.0 Å². The number of anilines is 1. The molecule has 3 aromatic rings. The summed E-state index contributed by atoms with van der Waals surface area (Å²) in [6.45, 7) is 7.46. The highest BCUT2D eigenvalue weighted by atomic mass is 79.9. The zero-order chi connectivity index (χ0) is 24.7. The number of rotatable bonds is 9. The van der Waals surface area contributed by atoms with Gasteiger partial charge in [0.2, 0.25) is 11.0 Å². The first-order chi connectivity index (χ1) is 16.2. The van der Waals surface area contributed by atoms with Gasteiger partial charge in [-0.25, -0.2) is 0 Å². The molecule has 2 aromatic carbocycles. The van der Waals surface area contributed by atoms with Gasteiger partial charge in [-0.3, -0.25) is 9.59 Å². The monoisotopic (exact) mass is 544 g/mol. The van der Waals surface area contributed by atoms with E-state index in [1.165, 1.54) is 11.3 Å². The van der Waals surface area contributed by atoms with E-state index in [9.17, 15) is 9.59 Å². The molecule has 3 rings (SSSR count). The van der Waals surface area contributed by atoms with Gasteiger partial charge >= 0.3 is 0 Å². The fourth-order valence-electron chi connectivity index (χ4n) is 3.21. The molecule has 2 amide bonds. The summed E-state index contributed by atoms with van der Waals surface area (Å²) >= 11 is 4.72. The summed E-state index contributed by atoms with van der Waals surface area (Å²) in [6.07, 6.45) is 0.142. The van der Waals surface area contributed by atoms with E-state index in [4.69, 9.17) is 4.74 Å². The highest BCUT2D eigenvalue weighted by Crippen LogP contribution is 2.27. The summed E-state index contributed by atoms with van der Waals surface area (Å²) in [4.78, 5) is 27.3. The summed E-state index contributed by atoms with van der Waals surface area (Å²) in [7, 11) is 1.59. The lowest BCUT2D eigenvalue weighted by Crippen LogP contribution is -2.36. The van der Waals surface area contributed by atoms with Crippen molar-refractivity contribution in [1.29, 1.82) is 0 Å². The summed E-state index contributed by atoms with van der Waals surface area (Å²) in [5.41, 5.74) is 2.69. The van der Waals surface area contributed by atoms with Crippen LogP contribution in [0.2, 0.25) is 0 Å². The van der Waals surface area contributed by atoms with Crippen molar-refractivity contribution in [3.05, 3.63) is 64.1 Å². The minimum atomic E-state index is -0.225. The molecular formula is C25H29BrN4O3S. The Hall–Kier alpha value is -2.62. The maximum atomic E-state index is 13.1. The number of methoxy groups -OCH3 is 1. The minimum Gasteiger partial charge on any atom is -0.383 e. The smallest absolute Gasteiger partial charge is 0.253 e. The zero-order valence-corrected chi connectivity index (χ0v) is 22.2. The van der Waals surface area contributed by atoms with E-state index in [-0.39, 0.29) is 30.2 Å². The molecule has 0 atom stereocenters. The zero-order valence-electron chi connectivity index (χ0n) is 19.8. The molecule has 0 aliphatic carbocycles. The number of benzene rings is 2. The van der Waals surface area contributed by atoms with Gasteiger partial charge in [0.15, 0.2) is 0 Å². The van der Waals surface area contributed by atoms with Crippen LogP contribution in [0, 0.1) is 0 Å². The number of amides is 2. The lowest BCUT2D eigenvalue weighted by atomic mass is 9.86. The van der Waals surface area contributed by atoms with E-state index in [1.807, 2.05) is 48.5 Å². The summed E-state index contributed by atoms with van der Waals surface area (Å²) in [5.74, 6) is -0.351. The first-order valence-electron chi connectivity index (χ1n) is 11.0. The van der Waals surface area contributed by atoms with Gasteiger partial charge in [-0.1, -0.05) is 72.3 Å². The number of nitrogens with one attached hydrogen (secondary N) is 1. The van der Waals surface area contributed by atoms with E-state index in [0.29, 0.717) is 23.8 Å². The molecule has 1 aromatic heterocycles. The van der Waals surface area contributed by atoms with Crippen LogP contribution in [0.15, 0.2) is 53.0 Å². The van der Waals surface area contributed by atoms with Crippen LogP contribution < -0.4 is 5.32 Å². The number of hydrogen-bond acceptors (Lipinski definition) is 6. The van der Waals surface area contributed by atoms with E-state index in [2.05, 4.69) is 52.2 Å². The van der Waals surface area contributed by atoms with Gasteiger partial charge in [0.1, 0.15) is 5.01 Å². The van der Waals surface area contributed by atoms with Crippen LogP contribution in [0.25, 0.3) is 10.6 Å². The maximum absolute atomic E-state index is 13.1. The molecule has 180 valence electrons. The van der Waals surface area contributed by atoms with Gasteiger partial charge in [0, 0.05) is 42.2 Å². The Morgan fingerprint density at radius 1 is 1.03 bits per heavy atom. The van der Waals surface area contributed by atoms with Gasteiger partial charge in [-0.2, -0.15) is 0 Å². The van der Waals surface area contributed by atoms with Crippen LogP contribution in [0.3, 0.4) is 0 Å². The second-order valence-electron chi connectivity index (χ2n) is 8.83. The second kappa shape index (κ2) is 11.7. The second-order valence-corrected chi connectivity index (χ2v) is 10.7. The van der Waals surface area contributed by atoms with Crippen LogP contribution in [-0.4, -0.2) is 53.7 Å². The Bertz CT molecular complexity index is 1110. The van der Waals surface area contributed by atoms with Gasteiger partial charge in [0.25, 0.3) is 5.91 Å². The number of halogens is 1. The molecule has 1 N–H and O–H groups in total. The van der Waals surface area contributed by atoms with Crippen molar-refractivity contribution in [2.45, 2.75) is 32.6 Å². The van der Waals surface area contributed by atoms with E-state index in [0.717, 1.165) is 20.6 Å². The summed E-state index contributed by atoms with van der Waals surface area (Å²) < 4.78 is 6.14. The Kier molecular flexibility index (Phi) is 8.93. The van der Waals surface area contributed by atoms with Crippen LogP contribution in [0.1, 0.15) is 43.1 Å². The third kappa shape index (κ3) is 7.19. The van der Waals surface area contributed by atoms with Gasteiger partial charge < -0.3 is 15.0 Å². The van der Waals surface area contributed by atoms with Crippen LogP contribution >= 0.6 is 27.3 Å². The normalized spacial score (nSPS) is 11.3. The molecule has 0 bridgehead atoms. The summed E-state index contributed by atoms with van der Waals surface area (Å²) in [5, 5.41) is 12.2. The van der Waals surface area contributed by atoms with Crippen LogP contribution in [0.4, 0.5) is 5.13 Å². The largest absolute Gasteiger partial charge is 0.383 e. The van der Waals surface area contributed by atoms with Crippen molar-refractivity contribution < 1.29 is 14.3 Å². The Morgan fingerprint density at radius 3 is 2.32 bits per heavy atom. The molecule has 0 unspecified atom stereocenters. The number of nitrogens with zero attached hydrogens (tertiary/aromatic N) is 3. The molecule has 0 saturated carbocycles. The van der Waals surface area contributed by atoms with Crippen molar-refractivity contribution in [2.24, 2.45) is 0 Å². The molecule has 34 heavy (non-hydrogen) atoms. The number of hydrogen-bond donors (Lipinski definition) is 1. The van der Waals surface area contributed by atoms with Crippen molar-refractivity contribution >= 4 is 44.2 Å². The molecule has 0 fully saturated rings. The lowest BCUT2D eigenvalue weighted by molar-refractivity contribution is -0.116. The molecule has 0 radical (unpaired) electrons. The molecule has 0 saturated heterocycles. The van der Waals surface area contributed by atoms with Gasteiger partial charge in [-0.15, -0.1) is 10.2 Å². The average molecular weight is 546 g/mol. The van der Waals surface area contributed by atoms with Gasteiger partial charge in [-0.05, 0) is 35.2 Å². The standard InChI is InChI=1S/C25H29BrN4O3S/c1-25(2,3)19-9-5-18(6-10-19)23(32)30(15-16-33-4)14-13-21(31)27-24-29-28-22(34-24)17-7-11-20(26)12-8-17/h5-12H,13-16H2,1-4H3,(H,27,29,31). The third-order valence-electron chi connectivity index (χ3n) is 5.22. The fraction of sp³-hybridized carbons (Fsp3) is 0.360. The molecule has 1 heterocycles. The average Bonchev–Trinajstić information content (AvgIpc) is 3.27. The molecule has 7 nitrogen and oxygen atoms in total. The SMILES string of the molecule is COCCN(CCC(=O)Nc1nnc(-c2ccc(Br)cc2)s1)C(=O)c1ccc(C(C)(C)C)cc1. The highest BCUT2D eigenvalue weighted by Gasteiger charge is 2.19. The van der Waals surface area contributed by atoms with Gasteiger partial charge in [0.05, 0.1) is 6.61 Å². The predicted molar refractivity (Wildman–Crippen MR) is 139 cm³/mol. The predicted octanol–water partition coefficient (Wildman–Crippen LogP) is 5.38. The van der Waals surface area contributed by atoms with Crippen LogP contribution in [0.5, 0.6) is 0 Å². The van der Waals surface area contributed by atoms with Crippen molar-refractivity contribution in [3.63, 3.8) is 0 Å². The van der Waals surface area contributed by atoms with E-state index >= 15 is 0 Å². The topological polar surface area (TPSA) is 84.4 Å². The molecule has 9 heteroatoms. The number of ether oxygens (including phenoxy) is 1. The highest BCUT2D eigenvalue weighted by molar-refractivity contribution is 9.10. The molecule has 0 aliphatic heterocycles. The lowest BCUT2D eigenvalue weighted by Gasteiger charge is -2.23. The Balaban J connectivity index is 1.60. The van der Waals surface area contributed by atoms with Crippen LogP contribution in [-0.2, 0) is 14.9 Å². The Labute approximate surface area is 212 Å². The number of carbonyl (C=O) groups excluding carboxylic acids is 2. The quantitative estimate of drug-likeness (QED) is 0.390. The summed E-state index contributed by atoms with van der Waals surface area (Å²) in [6, 6.07) is 15.4. The first kappa shape index (κ1) is 26.0. The molecule has 0 aliphatic rings. The van der Waals surface area contributed by atoms with Crippen molar-refractivity contribution in [1.82, 2.24) is 15.1 Å². The third-order valence-corrected chi connectivity index (χ3v) is 6.64. The van der Waals surface area contributed by atoms with Crippen molar-refractivity contribution in [2.75, 3.05) is 32.1 Å². The number of carbonyl (C=O) groups is 2. The maximum Gasteiger partial charge on any atom is 0.253 e. The fourth-order valence-corrected chi connectivity index (χ4v) is 4.24. The van der Waals surface area contributed by atoms with Crippen molar-refractivity contribution in [3.8, 4) is 10.6 Å². The Morgan fingerprint density at radius 2 is 1.71 bits per heavy atom. The van der Waals surface area contributed by atoms with E-state index < -0.39 is 0 Å². The molecular weight excluding hydrogens is 516 g/mol. The molecule has 0 spiro atoms. The number of aromatic nitrogens is 2.